The Morgan fingerprint density at radius 1 is 1.19 bits per heavy atom. The van der Waals surface area contributed by atoms with Crippen LogP contribution < -0.4 is 19.9 Å². The number of carbonyl (C=O) groups excluding carboxylic acids is 1. The largest absolute Gasteiger partial charge is 0.460 e. The van der Waals surface area contributed by atoms with Crippen LogP contribution in [0, 0.1) is 13.5 Å². The molecule has 10 heteroatoms. The van der Waals surface area contributed by atoms with E-state index in [4.69, 9.17) is 23.5 Å². The number of aryl methyl sites for hydroxylation is 1. The molecular formula is C22H23N7O2S. The molecule has 3 aliphatic rings. The summed E-state index contributed by atoms with van der Waals surface area (Å²) in [6.07, 6.45) is 9.22. The number of anilines is 2. The third-order valence-electron chi connectivity index (χ3n) is 6.42. The maximum absolute atomic E-state index is 13.5. The quantitative estimate of drug-likeness (QED) is 0.563. The first kappa shape index (κ1) is 20.7. The summed E-state index contributed by atoms with van der Waals surface area (Å²) < 4.78 is 5.92. The Morgan fingerprint density at radius 2 is 1.88 bits per heavy atom. The molecule has 32 heavy (non-hydrogen) atoms. The average Bonchev–Trinajstić information content (AvgIpc) is 3.02. The van der Waals surface area contributed by atoms with Crippen molar-refractivity contribution in [2.45, 2.75) is 50.7 Å². The molecule has 0 bridgehead atoms. The third kappa shape index (κ3) is 3.29. The number of hydrogen-bond donors (Lipinski definition) is 1. The van der Waals surface area contributed by atoms with Crippen molar-refractivity contribution in [3.63, 3.8) is 0 Å². The summed E-state index contributed by atoms with van der Waals surface area (Å²) in [5.74, 6) is 0.250. The lowest BCUT2D eigenvalue weighted by Gasteiger charge is -2.42. The van der Waals surface area contributed by atoms with Crippen LogP contribution in [-0.2, 0) is 4.79 Å². The summed E-state index contributed by atoms with van der Waals surface area (Å²) in [7, 11) is 0. The molecule has 9 nitrogen and oxygen atoms in total. The van der Waals surface area contributed by atoms with Crippen LogP contribution in [0.3, 0.4) is 0 Å². The van der Waals surface area contributed by atoms with Crippen molar-refractivity contribution in [1.82, 2.24) is 20.3 Å². The van der Waals surface area contributed by atoms with Crippen molar-refractivity contribution in [3.8, 4) is 6.01 Å². The molecule has 1 N–H and O–H groups in total. The topological polar surface area (TPSA) is 87.8 Å². The minimum atomic E-state index is -0.718. The van der Waals surface area contributed by atoms with Gasteiger partial charge < -0.3 is 14.9 Å². The standard InChI is InChI=1S/C22H23N7O2S/c1-14-10-15(11-25-18(14)23-2)28-19(30)22(6-3-7-22)29(21(28)32)16-12-26-20(27-13-16)31-17-4-8-24-9-5-17/h10-13,17,24H,3-9H2,1H3. The molecule has 2 aromatic rings. The van der Waals surface area contributed by atoms with Crippen LogP contribution in [0.25, 0.3) is 4.85 Å². The van der Waals surface area contributed by atoms with Crippen molar-refractivity contribution in [2.24, 2.45) is 0 Å². The van der Waals surface area contributed by atoms with E-state index < -0.39 is 5.54 Å². The highest BCUT2D eigenvalue weighted by Gasteiger charge is 2.60. The molecule has 3 fully saturated rings. The van der Waals surface area contributed by atoms with E-state index in [9.17, 15) is 4.79 Å². The van der Waals surface area contributed by atoms with Crippen LogP contribution >= 0.6 is 12.2 Å². The first-order valence-electron chi connectivity index (χ1n) is 10.8. The number of aromatic nitrogens is 3. The van der Waals surface area contributed by atoms with Crippen LogP contribution in [0.4, 0.5) is 17.2 Å². The van der Waals surface area contributed by atoms with Gasteiger partial charge in [-0.05, 0) is 76.0 Å². The second-order valence-electron chi connectivity index (χ2n) is 8.38. The molecule has 4 heterocycles. The number of piperidine rings is 1. The number of hydrogen-bond acceptors (Lipinski definition) is 7. The predicted molar refractivity (Wildman–Crippen MR) is 123 cm³/mol. The van der Waals surface area contributed by atoms with Gasteiger partial charge in [-0.2, -0.15) is 0 Å². The van der Waals surface area contributed by atoms with E-state index >= 15 is 0 Å². The summed E-state index contributed by atoms with van der Waals surface area (Å²) >= 11 is 5.77. The molecule has 0 radical (unpaired) electrons. The minimum absolute atomic E-state index is 0.0689. The second kappa shape index (κ2) is 8.07. The van der Waals surface area contributed by atoms with Gasteiger partial charge in [0, 0.05) is 0 Å². The molecular weight excluding hydrogens is 426 g/mol. The smallest absolute Gasteiger partial charge is 0.316 e. The zero-order valence-corrected chi connectivity index (χ0v) is 18.6. The number of ether oxygens (including phenoxy) is 1. The van der Waals surface area contributed by atoms with Crippen LogP contribution in [-0.4, -0.2) is 50.7 Å². The number of pyridine rings is 1. The number of nitrogens with zero attached hydrogens (tertiary/aromatic N) is 6. The Labute approximate surface area is 191 Å². The summed E-state index contributed by atoms with van der Waals surface area (Å²) in [6, 6.07) is 2.12. The highest BCUT2D eigenvalue weighted by Crippen LogP contribution is 2.47. The van der Waals surface area contributed by atoms with Crippen LogP contribution in [0.2, 0.25) is 0 Å². The lowest BCUT2D eigenvalue weighted by atomic mass is 9.75. The average molecular weight is 450 g/mol. The first-order valence-corrected chi connectivity index (χ1v) is 11.2. The van der Waals surface area contributed by atoms with Gasteiger partial charge in [-0.1, -0.05) is 6.57 Å². The highest BCUT2D eigenvalue weighted by molar-refractivity contribution is 7.81. The number of nitrogens with one attached hydrogen (secondary N) is 1. The molecule has 164 valence electrons. The Morgan fingerprint density at radius 3 is 2.47 bits per heavy atom. The third-order valence-corrected chi connectivity index (χ3v) is 6.79. The molecule has 2 aromatic heterocycles. The Hall–Kier alpha value is -3.16. The van der Waals surface area contributed by atoms with E-state index in [0.29, 0.717) is 46.7 Å². The van der Waals surface area contributed by atoms with Gasteiger partial charge >= 0.3 is 6.01 Å². The van der Waals surface area contributed by atoms with Crippen LogP contribution in [0.15, 0.2) is 24.7 Å². The first-order chi connectivity index (χ1) is 15.5. The van der Waals surface area contributed by atoms with Gasteiger partial charge in [-0.3, -0.25) is 14.6 Å². The molecule has 1 aliphatic carbocycles. The lowest BCUT2D eigenvalue weighted by Crippen LogP contribution is -2.55. The Bertz CT molecular complexity index is 1100. The van der Waals surface area contributed by atoms with Crippen molar-refractivity contribution in [2.75, 3.05) is 22.9 Å². The monoisotopic (exact) mass is 449 g/mol. The van der Waals surface area contributed by atoms with Crippen LogP contribution in [0.5, 0.6) is 6.01 Å². The van der Waals surface area contributed by atoms with Crippen molar-refractivity contribution in [1.29, 1.82) is 0 Å². The molecule has 0 aromatic carbocycles. The molecule has 2 saturated heterocycles. The van der Waals surface area contributed by atoms with E-state index in [0.717, 1.165) is 32.4 Å². The molecule has 1 amide bonds. The van der Waals surface area contributed by atoms with Crippen molar-refractivity contribution < 1.29 is 9.53 Å². The number of rotatable bonds is 4. The fraction of sp³-hybridized carbons (Fsp3) is 0.455. The molecule has 0 unspecified atom stereocenters. The summed E-state index contributed by atoms with van der Waals surface area (Å²) in [5, 5.41) is 3.68. The van der Waals surface area contributed by atoms with Crippen molar-refractivity contribution in [3.05, 3.63) is 41.6 Å². The summed E-state index contributed by atoms with van der Waals surface area (Å²) in [5.41, 5.74) is 1.23. The second-order valence-corrected chi connectivity index (χ2v) is 8.75. The highest BCUT2D eigenvalue weighted by atomic mass is 32.1. The zero-order valence-electron chi connectivity index (χ0n) is 17.7. The van der Waals surface area contributed by atoms with E-state index in [1.165, 1.54) is 11.1 Å². The maximum atomic E-state index is 13.5. The fourth-order valence-corrected chi connectivity index (χ4v) is 5.02. The van der Waals surface area contributed by atoms with Gasteiger partial charge in [-0.15, -0.1) is 4.98 Å². The van der Waals surface area contributed by atoms with Gasteiger partial charge in [0.1, 0.15) is 17.8 Å². The van der Waals surface area contributed by atoms with Crippen LogP contribution in [0.1, 0.15) is 37.7 Å². The normalized spacial score (nSPS) is 20.4. The lowest BCUT2D eigenvalue weighted by molar-refractivity contribution is -0.123. The van der Waals surface area contributed by atoms with Gasteiger partial charge in [-0.25, -0.2) is 9.97 Å². The van der Waals surface area contributed by atoms with Crippen molar-refractivity contribution >= 4 is 40.4 Å². The number of amides is 1. The van der Waals surface area contributed by atoms with E-state index in [1.54, 1.807) is 25.4 Å². The van der Waals surface area contributed by atoms with E-state index in [2.05, 4.69) is 25.1 Å². The summed E-state index contributed by atoms with van der Waals surface area (Å²) in [6.45, 7) is 10.9. The van der Waals surface area contributed by atoms with Gasteiger partial charge in [0.25, 0.3) is 11.7 Å². The molecule has 1 saturated carbocycles. The zero-order chi connectivity index (χ0) is 22.3. The summed E-state index contributed by atoms with van der Waals surface area (Å²) in [4.78, 5) is 33.4. The van der Waals surface area contributed by atoms with E-state index in [1.807, 2.05) is 4.90 Å². The van der Waals surface area contributed by atoms with Gasteiger partial charge in [0.15, 0.2) is 5.11 Å². The number of carbonyl (C=O) groups is 1. The molecule has 0 atom stereocenters. The maximum Gasteiger partial charge on any atom is 0.316 e. The van der Waals surface area contributed by atoms with Gasteiger partial charge in [0.05, 0.1) is 23.8 Å². The Balaban J connectivity index is 1.43. The minimum Gasteiger partial charge on any atom is -0.460 e. The number of thiocarbonyl (C=S) groups is 1. The molecule has 1 spiro atoms. The van der Waals surface area contributed by atoms with E-state index in [-0.39, 0.29) is 12.0 Å². The van der Waals surface area contributed by atoms with Gasteiger partial charge in [0.2, 0.25) is 0 Å². The predicted octanol–water partition coefficient (Wildman–Crippen LogP) is 2.92. The SMILES string of the molecule is [C-]#[N+]c1ncc(N2C(=O)C3(CCC3)N(c3cnc(OC4CCNCC4)nc3)C2=S)cc1C. The molecule has 2 aliphatic heterocycles. The fourth-order valence-electron chi connectivity index (χ4n) is 4.55. The Kier molecular flexibility index (Phi) is 5.23. The molecule has 5 rings (SSSR count).